The second kappa shape index (κ2) is 6.65. The van der Waals surface area contributed by atoms with Crippen molar-refractivity contribution in [3.63, 3.8) is 0 Å². The number of halogens is 1. The largest absolute Gasteiger partial charge is 0.312 e. The first-order valence-corrected chi connectivity index (χ1v) is 6.51. The number of hydrogen-bond donors (Lipinski definition) is 0. The van der Waals surface area contributed by atoms with Gasteiger partial charge in [0.1, 0.15) is 0 Å². The summed E-state index contributed by atoms with van der Waals surface area (Å²) in [7, 11) is 0. The summed E-state index contributed by atoms with van der Waals surface area (Å²) in [6.45, 7) is 6.72. The monoisotopic (exact) mass is 253 g/mol. The Morgan fingerprint density at radius 3 is 2.65 bits per heavy atom. The highest BCUT2D eigenvalue weighted by Gasteiger charge is 2.18. The van der Waals surface area contributed by atoms with E-state index in [1.807, 2.05) is 43.0 Å². The van der Waals surface area contributed by atoms with Gasteiger partial charge in [0.25, 0.3) is 0 Å². The van der Waals surface area contributed by atoms with E-state index in [1.54, 1.807) is 0 Å². The molecular formula is C14H20ClNO. The molecule has 0 fully saturated rings. The molecule has 1 aromatic rings. The van der Waals surface area contributed by atoms with Crippen molar-refractivity contribution in [3.05, 3.63) is 29.3 Å². The minimum Gasteiger partial charge on any atom is -0.312 e. The van der Waals surface area contributed by atoms with Crippen LogP contribution >= 0.6 is 11.6 Å². The van der Waals surface area contributed by atoms with Gasteiger partial charge in [-0.05, 0) is 24.6 Å². The summed E-state index contributed by atoms with van der Waals surface area (Å²) in [6.07, 6.45) is 2.08. The molecule has 1 rings (SSSR count). The molecule has 0 heterocycles. The van der Waals surface area contributed by atoms with Crippen LogP contribution in [-0.2, 0) is 4.79 Å². The SMILES string of the molecule is CCCCN(C(=O)C(C)C)c1cccc(Cl)c1. The maximum absolute atomic E-state index is 12.1. The Morgan fingerprint density at radius 1 is 1.41 bits per heavy atom. The average Bonchev–Trinajstić information content (AvgIpc) is 2.29. The third-order valence-electron chi connectivity index (χ3n) is 2.62. The lowest BCUT2D eigenvalue weighted by molar-refractivity contribution is -0.121. The van der Waals surface area contributed by atoms with E-state index in [0.717, 1.165) is 25.1 Å². The molecule has 0 spiro atoms. The molecule has 0 bridgehead atoms. The third kappa shape index (κ3) is 4.04. The molecule has 0 aliphatic heterocycles. The molecule has 0 unspecified atom stereocenters. The van der Waals surface area contributed by atoms with Gasteiger partial charge < -0.3 is 4.90 Å². The first-order valence-electron chi connectivity index (χ1n) is 6.13. The van der Waals surface area contributed by atoms with Crippen LogP contribution in [0.5, 0.6) is 0 Å². The number of unbranched alkanes of at least 4 members (excludes halogenated alkanes) is 1. The van der Waals surface area contributed by atoms with Gasteiger partial charge in [-0.3, -0.25) is 4.79 Å². The first kappa shape index (κ1) is 14.0. The Labute approximate surface area is 109 Å². The highest BCUT2D eigenvalue weighted by atomic mass is 35.5. The van der Waals surface area contributed by atoms with Crippen LogP contribution in [-0.4, -0.2) is 12.5 Å². The molecule has 94 valence electrons. The minimum atomic E-state index is 0.00541. The van der Waals surface area contributed by atoms with Crippen molar-refractivity contribution >= 4 is 23.2 Å². The number of carbonyl (C=O) groups is 1. The standard InChI is InChI=1S/C14H20ClNO/c1-4-5-9-16(14(17)11(2)3)13-8-6-7-12(15)10-13/h6-8,10-11H,4-5,9H2,1-3H3. The molecule has 0 atom stereocenters. The molecule has 0 aromatic heterocycles. The molecular weight excluding hydrogens is 234 g/mol. The smallest absolute Gasteiger partial charge is 0.229 e. The maximum atomic E-state index is 12.1. The summed E-state index contributed by atoms with van der Waals surface area (Å²) in [6, 6.07) is 7.48. The molecule has 0 aliphatic rings. The fourth-order valence-corrected chi connectivity index (χ4v) is 1.82. The van der Waals surface area contributed by atoms with E-state index in [2.05, 4.69) is 6.92 Å². The van der Waals surface area contributed by atoms with E-state index in [-0.39, 0.29) is 11.8 Å². The van der Waals surface area contributed by atoms with Gasteiger partial charge in [-0.15, -0.1) is 0 Å². The molecule has 2 nitrogen and oxygen atoms in total. The first-order chi connectivity index (χ1) is 8.06. The molecule has 0 N–H and O–H groups in total. The Bertz CT molecular complexity index is 376. The van der Waals surface area contributed by atoms with E-state index in [1.165, 1.54) is 0 Å². The molecule has 0 saturated heterocycles. The Hall–Kier alpha value is -1.02. The summed E-state index contributed by atoms with van der Waals surface area (Å²) < 4.78 is 0. The van der Waals surface area contributed by atoms with E-state index in [4.69, 9.17) is 11.6 Å². The van der Waals surface area contributed by atoms with E-state index in [0.29, 0.717) is 5.02 Å². The van der Waals surface area contributed by atoms with E-state index < -0.39 is 0 Å². The van der Waals surface area contributed by atoms with Crippen molar-refractivity contribution in [2.75, 3.05) is 11.4 Å². The summed E-state index contributed by atoms with van der Waals surface area (Å²) >= 11 is 5.97. The number of rotatable bonds is 5. The van der Waals surface area contributed by atoms with Gasteiger partial charge in [0, 0.05) is 23.2 Å². The summed E-state index contributed by atoms with van der Waals surface area (Å²) in [5.74, 6) is 0.159. The molecule has 3 heteroatoms. The number of nitrogens with zero attached hydrogens (tertiary/aromatic N) is 1. The molecule has 0 aliphatic carbocycles. The summed E-state index contributed by atoms with van der Waals surface area (Å²) in [5.41, 5.74) is 0.893. The predicted octanol–water partition coefficient (Wildman–Crippen LogP) is 4.13. The lowest BCUT2D eigenvalue weighted by Gasteiger charge is -2.24. The average molecular weight is 254 g/mol. The van der Waals surface area contributed by atoms with Crippen LogP contribution in [0, 0.1) is 5.92 Å². The highest BCUT2D eigenvalue weighted by Crippen LogP contribution is 2.21. The zero-order valence-electron chi connectivity index (χ0n) is 10.7. The zero-order chi connectivity index (χ0) is 12.8. The molecule has 17 heavy (non-hydrogen) atoms. The molecule has 0 radical (unpaired) electrons. The zero-order valence-corrected chi connectivity index (χ0v) is 11.5. The maximum Gasteiger partial charge on any atom is 0.229 e. The van der Waals surface area contributed by atoms with Crippen LogP contribution < -0.4 is 4.90 Å². The Kier molecular flexibility index (Phi) is 5.49. The van der Waals surface area contributed by atoms with Crippen molar-refractivity contribution in [2.45, 2.75) is 33.6 Å². The number of hydrogen-bond acceptors (Lipinski definition) is 1. The van der Waals surface area contributed by atoms with Gasteiger partial charge in [-0.2, -0.15) is 0 Å². The van der Waals surface area contributed by atoms with E-state index >= 15 is 0 Å². The van der Waals surface area contributed by atoms with Crippen molar-refractivity contribution in [1.82, 2.24) is 0 Å². The lowest BCUT2D eigenvalue weighted by Crippen LogP contribution is -2.35. The van der Waals surface area contributed by atoms with Crippen molar-refractivity contribution in [2.24, 2.45) is 5.92 Å². The number of anilines is 1. The minimum absolute atomic E-state index is 0.00541. The number of carbonyl (C=O) groups excluding carboxylic acids is 1. The van der Waals surface area contributed by atoms with Crippen molar-refractivity contribution in [3.8, 4) is 0 Å². The fraction of sp³-hybridized carbons (Fsp3) is 0.500. The number of benzene rings is 1. The third-order valence-corrected chi connectivity index (χ3v) is 2.85. The molecule has 1 amide bonds. The van der Waals surface area contributed by atoms with Crippen molar-refractivity contribution in [1.29, 1.82) is 0 Å². The summed E-state index contributed by atoms with van der Waals surface area (Å²) in [4.78, 5) is 14.0. The summed E-state index contributed by atoms with van der Waals surface area (Å²) in [5, 5.41) is 0.667. The van der Waals surface area contributed by atoms with Gasteiger partial charge in [0.05, 0.1) is 0 Å². The van der Waals surface area contributed by atoms with Gasteiger partial charge in [-0.25, -0.2) is 0 Å². The second-order valence-electron chi connectivity index (χ2n) is 4.48. The number of amides is 1. The quantitative estimate of drug-likeness (QED) is 0.773. The van der Waals surface area contributed by atoms with Crippen LogP contribution in [0.3, 0.4) is 0 Å². The van der Waals surface area contributed by atoms with Gasteiger partial charge >= 0.3 is 0 Å². The van der Waals surface area contributed by atoms with Gasteiger partial charge in [0.15, 0.2) is 0 Å². The topological polar surface area (TPSA) is 20.3 Å². The van der Waals surface area contributed by atoms with Crippen LogP contribution in [0.25, 0.3) is 0 Å². The van der Waals surface area contributed by atoms with Crippen LogP contribution in [0.1, 0.15) is 33.6 Å². The van der Waals surface area contributed by atoms with Crippen LogP contribution in [0.15, 0.2) is 24.3 Å². The predicted molar refractivity (Wildman–Crippen MR) is 73.6 cm³/mol. The Morgan fingerprint density at radius 2 is 2.12 bits per heavy atom. The molecule has 0 saturated carbocycles. The van der Waals surface area contributed by atoms with Gasteiger partial charge in [0.2, 0.25) is 5.91 Å². The van der Waals surface area contributed by atoms with Crippen LogP contribution in [0.2, 0.25) is 5.02 Å². The van der Waals surface area contributed by atoms with Crippen molar-refractivity contribution < 1.29 is 4.79 Å². The molecule has 1 aromatic carbocycles. The lowest BCUT2D eigenvalue weighted by atomic mass is 10.1. The normalized spacial score (nSPS) is 10.6. The Balaban J connectivity index is 2.93. The van der Waals surface area contributed by atoms with Gasteiger partial charge in [-0.1, -0.05) is 44.9 Å². The second-order valence-corrected chi connectivity index (χ2v) is 4.91. The highest BCUT2D eigenvalue weighted by molar-refractivity contribution is 6.30. The van der Waals surface area contributed by atoms with E-state index in [9.17, 15) is 4.79 Å². The fourth-order valence-electron chi connectivity index (χ4n) is 1.64. The van der Waals surface area contributed by atoms with Crippen LogP contribution in [0.4, 0.5) is 5.69 Å².